The molecule has 0 aliphatic heterocycles. The third kappa shape index (κ3) is 25.7. The van der Waals surface area contributed by atoms with Crippen molar-refractivity contribution in [1.82, 2.24) is 0 Å². The van der Waals surface area contributed by atoms with Gasteiger partial charge in [-0.25, -0.2) is 0 Å². The molecule has 0 saturated heterocycles. The van der Waals surface area contributed by atoms with E-state index < -0.39 is 0 Å². The van der Waals surface area contributed by atoms with Crippen LogP contribution in [0.5, 0.6) is 0 Å². The Morgan fingerprint density at radius 3 is 1.08 bits per heavy atom. The summed E-state index contributed by atoms with van der Waals surface area (Å²) in [5.74, 6) is 0. The number of unbranched alkanes of at least 4 members (excludes halogenated alkanes) is 3. The summed E-state index contributed by atoms with van der Waals surface area (Å²) in [6, 6.07) is 7.60. The third-order valence-electron chi connectivity index (χ3n) is 0.926. The molecule has 0 aromatic rings. The first-order chi connectivity index (χ1) is 6.33. The van der Waals surface area contributed by atoms with E-state index in [9.17, 15) is 0 Å². The molecule has 4 nitrogen and oxygen atoms in total. The van der Waals surface area contributed by atoms with Gasteiger partial charge in [-0.3, -0.25) is 0 Å². The summed E-state index contributed by atoms with van der Waals surface area (Å²) >= 11 is 0. The second kappa shape index (κ2) is 16.5. The number of nitrogens with zero attached hydrogens (tertiary/aromatic N) is 4. The van der Waals surface area contributed by atoms with E-state index in [1.165, 1.54) is 0 Å². The minimum atomic E-state index is 0.358. The smallest absolute Gasteiger partial charge is 0.0632 e. The van der Waals surface area contributed by atoms with Crippen LogP contribution in [0.1, 0.15) is 32.1 Å². The Hall–Kier alpha value is -2.04. The quantitative estimate of drug-likeness (QED) is 0.611. The molecule has 4 heteroatoms. The number of hydrogen-bond donors (Lipinski definition) is 0. The van der Waals surface area contributed by atoms with Gasteiger partial charge in [0.15, 0.2) is 0 Å². The van der Waals surface area contributed by atoms with Gasteiger partial charge in [0.1, 0.15) is 0 Å². The molecule has 0 aromatic carbocycles. The van der Waals surface area contributed by atoms with Crippen LogP contribution in [-0.2, 0) is 0 Å². The van der Waals surface area contributed by atoms with E-state index in [0.29, 0.717) is 32.1 Å². The molecule has 0 bridgehead atoms. The molecule has 0 fully saturated rings. The Labute approximate surface area is 78.2 Å². The standard InChI is InChI=1S/C5H6N2.C4H4N2/c6-4-2-1-3-5-7;5-3-1-2-4-6/h1-3H2;1-2H2. The van der Waals surface area contributed by atoms with Gasteiger partial charge in [0.2, 0.25) is 0 Å². The number of hydrogen-bond acceptors (Lipinski definition) is 4. The van der Waals surface area contributed by atoms with Crippen molar-refractivity contribution in [3.8, 4) is 24.3 Å². The average molecular weight is 174 g/mol. The van der Waals surface area contributed by atoms with E-state index in [1.807, 2.05) is 24.3 Å². The largest absolute Gasteiger partial charge is 0.198 e. The van der Waals surface area contributed by atoms with Crippen LogP contribution >= 0.6 is 0 Å². The molecule has 0 radical (unpaired) electrons. The first kappa shape index (κ1) is 13.5. The predicted octanol–water partition coefficient (Wildman–Crippen LogP) is 2.02. The fourth-order valence-electron chi connectivity index (χ4n) is 0.358. The molecule has 0 aromatic heterocycles. The minimum Gasteiger partial charge on any atom is -0.198 e. The van der Waals surface area contributed by atoms with Crippen LogP contribution in [0.25, 0.3) is 0 Å². The average Bonchev–Trinajstić information content (AvgIpc) is 2.17. The first-order valence-corrected chi connectivity index (χ1v) is 3.81. The topological polar surface area (TPSA) is 95.2 Å². The van der Waals surface area contributed by atoms with Crippen molar-refractivity contribution in [2.45, 2.75) is 32.1 Å². The molecule has 0 aliphatic carbocycles. The van der Waals surface area contributed by atoms with Crippen LogP contribution in [0.4, 0.5) is 0 Å². The van der Waals surface area contributed by atoms with Crippen molar-refractivity contribution in [3.05, 3.63) is 0 Å². The molecule has 0 amide bonds. The summed E-state index contributed by atoms with van der Waals surface area (Å²) in [7, 11) is 0. The molecule has 13 heavy (non-hydrogen) atoms. The Morgan fingerprint density at radius 1 is 0.538 bits per heavy atom. The van der Waals surface area contributed by atoms with Crippen LogP contribution in [-0.4, -0.2) is 0 Å². The van der Waals surface area contributed by atoms with Gasteiger partial charge in [0.25, 0.3) is 0 Å². The first-order valence-electron chi connectivity index (χ1n) is 3.81. The Kier molecular flexibility index (Phi) is 17.2. The Morgan fingerprint density at radius 2 is 0.846 bits per heavy atom. The van der Waals surface area contributed by atoms with Crippen LogP contribution in [0, 0.1) is 45.3 Å². The molecule has 0 N–H and O–H groups in total. The highest BCUT2D eigenvalue weighted by Gasteiger charge is 1.79. The van der Waals surface area contributed by atoms with Crippen molar-refractivity contribution in [2.75, 3.05) is 0 Å². The lowest BCUT2D eigenvalue weighted by Gasteiger charge is -1.75. The minimum absolute atomic E-state index is 0.358. The molecule has 0 atom stereocenters. The van der Waals surface area contributed by atoms with Crippen molar-refractivity contribution in [2.24, 2.45) is 0 Å². The maximum absolute atomic E-state index is 7.93. The summed E-state index contributed by atoms with van der Waals surface area (Å²) in [6.07, 6.45) is 2.45. The SMILES string of the molecule is N#CCCC#N.N#CCCCC#N. The predicted molar refractivity (Wildman–Crippen MR) is 45.5 cm³/mol. The van der Waals surface area contributed by atoms with Gasteiger partial charge in [-0.1, -0.05) is 0 Å². The summed E-state index contributed by atoms with van der Waals surface area (Å²) in [5.41, 5.74) is 0. The molecule has 0 heterocycles. The Bertz CT molecular complexity index is 227. The summed E-state index contributed by atoms with van der Waals surface area (Å²) in [5, 5.41) is 31.5. The van der Waals surface area contributed by atoms with E-state index in [2.05, 4.69) is 0 Å². The van der Waals surface area contributed by atoms with Gasteiger partial charge in [-0.2, -0.15) is 21.0 Å². The molecule has 0 rings (SSSR count). The zero-order chi connectivity index (χ0) is 10.4. The van der Waals surface area contributed by atoms with Crippen molar-refractivity contribution < 1.29 is 0 Å². The molecule has 0 saturated carbocycles. The van der Waals surface area contributed by atoms with Crippen LogP contribution in [0.2, 0.25) is 0 Å². The third-order valence-corrected chi connectivity index (χ3v) is 0.926. The van der Waals surface area contributed by atoms with Crippen LogP contribution in [0.15, 0.2) is 0 Å². The molecule has 0 spiro atoms. The molecular formula is C9H10N4. The summed E-state index contributed by atoms with van der Waals surface area (Å²) in [6.45, 7) is 0. The van der Waals surface area contributed by atoms with E-state index in [-0.39, 0.29) is 0 Å². The van der Waals surface area contributed by atoms with E-state index in [4.69, 9.17) is 21.0 Å². The van der Waals surface area contributed by atoms with E-state index >= 15 is 0 Å². The second-order valence-electron chi connectivity index (χ2n) is 1.99. The van der Waals surface area contributed by atoms with Crippen molar-refractivity contribution in [1.29, 1.82) is 21.0 Å². The monoisotopic (exact) mass is 174 g/mol. The normalized spacial score (nSPS) is 6.15. The fraction of sp³-hybridized carbons (Fsp3) is 0.556. The van der Waals surface area contributed by atoms with Crippen LogP contribution < -0.4 is 0 Å². The zero-order valence-corrected chi connectivity index (χ0v) is 7.32. The highest BCUT2D eigenvalue weighted by Crippen LogP contribution is 1.89. The zero-order valence-electron chi connectivity index (χ0n) is 7.32. The highest BCUT2D eigenvalue weighted by atomic mass is 14.2. The van der Waals surface area contributed by atoms with Gasteiger partial charge in [0, 0.05) is 25.7 Å². The molecule has 66 valence electrons. The van der Waals surface area contributed by atoms with Gasteiger partial charge < -0.3 is 0 Å². The second-order valence-corrected chi connectivity index (χ2v) is 1.99. The van der Waals surface area contributed by atoms with Crippen LogP contribution in [0.3, 0.4) is 0 Å². The maximum Gasteiger partial charge on any atom is 0.0632 e. The molecule has 0 aliphatic rings. The lowest BCUT2D eigenvalue weighted by molar-refractivity contribution is 0.885. The van der Waals surface area contributed by atoms with Crippen molar-refractivity contribution >= 4 is 0 Å². The lowest BCUT2D eigenvalue weighted by Crippen LogP contribution is -1.65. The summed E-state index contributed by atoms with van der Waals surface area (Å²) in [4.78, 5) is 0. The van der Waals surface area contributed by atoms with E-state index in [0.717, 1.165) is 0 Å². The highest BCUT2D eigenvalue weighted by molar-refractivity contribution is 4.78. The number of rotatable bonds is 3. The fourth-order valence-corrected chi connectivity index (χ4v) is 0.358. The summed E-state index contributed by atoms with van der Waals surface area (Å²) < 4.78 is 0. The van der Waals surface area contributed by atoms with Gasteiger partial charge in [0.05, 0.1) is 24.3 Å². The lowest BCUT2D eigenvalue weighted by atomic mass is 10.3. The van der Waals surface area contributed by atoms with Gasteiger partial charge in [-0.05, 0) is 6.42 Å². The maximum atomic E-state index is 7.93. The van der Waals surface area contributed by atoms with Gasteiger partial charge >= 0.3 is 0 Å². The van der Waals surface area contributed by atoms with Gasteiger partial charge in [-0.15, -0.1) is 0 Å². The molecule has 0 unspecified atom stereocenters. The van der Waals surface area contributed by atoms with Crippen molar-refractivity contribution in [3.63, 3.8) is 0 Å². The number of nitriles is 4. The molecular weight excluding hydrogens is 164 g/mol. The van der Waals surface area contributed by atoms with E-state index in [1.54, 1.807) is 0 Å². The Balaban J connectivity index is 0.